The maximum absolute atomic E-state index is 10.8. The van der Waals surface area contributed by atoms with Gasteiger partial charge >= 0.3 is 5.97 Å². The Bertz CT molecular complexity index is 619. The average Bonchev–Trinajstić information content (AvgIpc) is 2.60. The largest absolute Gasteiger partial charge is 0.481 e. The molecule has 0 amide bonds. The predicted octanol–water partition coefficient (Wildman–Crippen LogP) is 2.94. The first-order valence-corrected chi connectivity index (χ1v) is 6.24. The molecule has 0 bridgehead atoms. The molecule has 1 aromatic carbocycles. The summed E-state index contributed by atoms with van der Waals surface area (Å²) in [5.41, 5.74) is 7.07. The standard InChI is InChI=1S/C15H18N2O2/c1-8-5-9(2)14(10(3)6-8)15-11(4)12(16-17-15)7-13(18)19/h5-6H,7H2,1-4H3,(H,16,17)(H,18,19). The fourth-order valence-corrected chi connectivity index (χ4v) is 2.55. The number of aliphatic carboxylic acids is 1. The van der Waals surface area contributed by atoms with Gasteiger partial charge in [0.05, 0.1) is 12.1 Å². The van der Waals surface area contributed by atoms with Crippen molar-refractivity contribution in [1.29, 1.82) is 0 Å². The number of nitrogens with zero attached hydrogens (tertiary/aromatic N) is 1. The number of aromatic amines is 1. The highest BCUT2D eigenvalue weighted by Crippen LogP contribution is 2.30. The van der Waals surface area contributed by atoms with Crippen LogP contribution in [0.25, 0.3) is 11.3 Å². The maximum atomic E-state index is 10.8. The lowest BCUT2D eigenvalue weighted by atomic mass is 9.95. The highest BCUT2D eigenvalue weighted by atomic mass is 16.4. The molecule has 0 fully saturated rings. The Balaban J connectivity index is 2.54. The minimum Gasteiger partial charge on any atom is -0.481 e. The molecule has 0 spiro atoms. The number of rotatable bonds is 3. The Hall–Kier alpha value is -2.10. The van der Waals surface area contributed by atoms with Crippen molar-refractivity contribution in [3.63, 3.8) is 0 Å². The van der Waals surface area contributed by atoms with Crippen molar-refractivity contribution in [3.8, 4) is 11.3 Å². The van der Waals surface area contributed by atoms with E-state index in [4.69, 9.17) is 5.11 Å². The molecule has 2 rings (SSSR count). The van der Waals surface area contributed by atoms with Crippen LogP contribution in [0.3, 0.4) is 0 Å². The number of carbonyl (C=O) groups is 1. The summed E-state index contributed by atoms with van der Waals surface area (Å²) < 4.78 is 0. The van der Waals surface area contributed by atoms with E-state index < -0.39 is 5.97 Å². The van der Waals surface area contributed by atoms with E-state index in [-0.39, 0.29) is 6.42 Å². The van der Waals surface area contributed by atoms with E-state index in [0.29, 0.717) is 5.69 Å². The van der Waals surface area contributed by atoms with Crippen molar-refractivity contribution in [2.24, 2.45) is 0 Å². The quantitative estimate of drug-likeness (QED) is 0.889. The average molecular weight is 258 g/mol. The van der Waals surface area contributed by atoms with Crippen LogP contribution >= 0.6 is 0 Å². The minimum absolute atomic E-state index is 0.0250. The van der Waals surface area contributed by atoms with Gasteiger partial charge in [-0.1, -0.05) is 17.7 Å². The maximum Gasteiger partial charge on any atom is 0.309 e. The lowest BCUT2D eigenvalue weighted by Crippen LogP contribution is -2.01. The van der Waals surface area contributed by atoms with Crippen LogP contribution in [0.2, 0.25) is 0 Å². The van der Waals surface area contributed by atoms with Crippen molar-refractivity contribution < 1.29 is 9.90 Å². The molecular formula is C15H18N2O2. The van der Waals surface area contributed by atoms with Gasteiger partial charge in [0.25, 0.3) is 0 Å². The molecule has 2 N–H and O–H groups in total. The fraction of sp³-hybridized carbons (Fsp3) is 0.333. The Morgan fingerprint density at radius 2 is 1.79 bits per heavy atom. The molecule has 0 aliphatic rings. The Morgan fingerprint density at radius 1 is 1.21 bits per heavy atom. The summed E-state index contributed by atoms with van der Waals surface area (Å²) in [6, 6.07) is 4.24. The molecule has 0 aliphatic heterocycles. The Morgan fingerprint density at radius 3 is 2.32 bits per heavy atom. The second-order valence-corrected chi connectivity index (χ2v) is 5.02. The topological polar surface area (TPSA) is 66.0 Å². The molecule has 2 aromatic rings. The van der Waals surface area contributed by atoms with E-state index in [2.05, 4.69) is 43.1 Å². The number of hydrogen-bond acceptors (Lipinski definition) is 2. The van der Waals surface area contributed by atoms with Crippen molar-refractivity contribution in [2.75, 3.05) is 0 Å². The summed E-state index contributed by atoms with van der Waals surface area (Å²) >= 11 is 0. The van der Waals surface area contributed by atoms with Gasteiger partial charge in [-0.25, -0.2) is 0 Å². The van der Waals surface area contributed by atoms with Crippen molar-refractivity contribution in [1.82, 2.24) is 10.2 Å². The van der Waals surface area contributed by atoms with Gasteiger partial charge in [-0.3, -0.25) is 9.89 Å². The molecule has 19 heavy (non-hydrogen) atoms. The van der Waals surface area contributed by atoms with Crippen molar-refractivity contribution in [2.45, 2.75) is 34.1 Å². The molecule has 100 valence electrons. The van der Waals surface area contributed by atoms with Gasteiger partial charge in [0, 0.05) is 11.3 Å². The second-order valence-electron chi connectivity index (χ2n) is 5.02. The molecule has 0 aliphatic carbocycles. The minimum atomic E-state index is -0.851. The van der Waals surface area contributed by atoms with Gasteiger partial charge in [-0.2, -0.15) is 5.10 Å². The van der Waals surface area contributed by atoms with Gasteiger partial charge in [0.1, 0.15) is 0 Å². The van der Waals surface area contributed by atoms with Crippen LogP contribution in [0.15, 0.2) is 12.1 Å². The van der Waals surface area contributed by atoms with Crippen LogP contribution in [0.5, 0.6) is 0 Å². The smallest absolute Gasteiger partial charge is 0.309 e. The third-order valence-corrected chi connectivity index (χ3v) is 3.35. The lowest BCUT2D eigenvalue weighted by molar-refractivity contribution is -0.136. The summed E-state index contributed by atoms with van der Waals surface area (Å²) in [6.45, 7) is 8.09. The molecule has 4 nitrogen and oxygen atoms in total. The Kier molecular flexibility index (Phi) is 3.42. The summed E-state index contributed by atoms with van der Waals surface area (Å²) in [5.74, 6) is -0.851. The predicted molar refractivity (Wildman–Crippen MR) is 74.3 cm³/mol. The summed E-state index contributed by atoms with van der Waals surface area (Å²) in [5, 5.41) is 16.0. The molecule has 0 unspecified atom stereocenters. The third kappa shape index (κ3) is 2.52. The zero-order chi connectivity index (χ0) is 14.2. The fourth-order valence-electron chi connectivity index (χ4n) is 2.55. The number of H-pyrrole nitrogens is 1. The number of aromatic nitrogens is 2. The molecule has 4 heteroatoms. The number of benzene rings is 1. The number of carboxylic acids is 1. The highest BCUT2D eigenvalue weighted by molar-refractivity contribution is 5.74. The van der Waals surface area contributed by atoms with E-state index in [1.807, 2.05) is 6.92 Å². The van der Waals surface area contributed by atoms with Gasteiger partial charge in [-0.05, 0) is 44.4 Å². The SMILES string of the molecule is Cc1cc(C)c(-c2n[nH]c(CC(=O)O)c2C)c(C)c1. The first kappa shape index (κ1) is 13.3. The van der Waals surface area contributed by atoms with E-state index in [1.165, 1.54) is 5.56 Å². The molecule has 1 heterocycles. The third-order valence-electron chi connectivity index (χ3n) is 3.35. The zero-order valence-electron chi connectivity index (χ0n) is 11.7. The summed E-state index contributed by atoms with van der Waals surface area (Å²) in [4.78, 5) is 10.8. The van der Waals surface area contributed by atoms with Crippen molar-refractivity contribution >= 4 is 5.97 Å². The molecule has 0 atom stereocenters. The van der Waals surface area contributed by atoms with Gasteiger partial charge in [-0.15, -0.1) is 0 Å². The summed E-state index contributed by atoms with van der Waals surface area (Å²) in [6.07, 6.45) is -0.0250. The first-order chi connectivity index (χ1) is 8.90. The lowest BCUT2D eigenvalue weighted by Gasteiger charge is -2.10. The van der Waals surface area contributed by atoms with E-state index >= 15 is 0 Å². The molecule has 0 saturated heterocycles. The monoisotopic (exact) mass is 258 g/mol. The van der Waals surface area contributed by atoms with Crippen LogP contribution in [0.4, 0.5) is 0 Å². The zero-order valence-corrected chi connectivity index (χ0v) is 11.7. The molecule has 0 saturated carbocycles. The number of hydrogen-bond donors (Lipinski definition) is 2. The molecular weight excluding hydrogens is 240 g/mol. The number of aryl methyl sites for hydroxylation is 3. The summed E-state index contributed by atoms with van der Waals surface area (Å²) in [7, 11) is 0. The van der Waals surface area contributed by atoms with E-state index in [0.717, 1.165) is 27.9 Å². The highest BCUT2D eigenvalue weighted by Gasteiger charge is 2.16. The van der Waals surface area contributed by atoms with Crippen molar-refractivity contribution in [3.05, 3.63) is 40.1 Å². The van der Waals surface area contributed by atoms with E-state index in [9.17, 15) is 4.79 Å². The van der Waals surface area contributed by atoms with Crippen LogP contribution in [-0.4, -0.2) is 21.3 Å². The Labute approximate surface area is 112 Å². The normalized spacial score (nSPS) is 10.7. The van der Waals surface area contributed by atoms with Crippen LogP contribution in [-0.2, 0) is 11.2 Å². The van der Waals surface area contributed by atoms with Crippen LogP contribution in [0, 0.1) is 27.7 Å². The van der Waals surface area contributed by atoms with E-state index in [1.54, 1.807) is 0 Å². The number of nitrogens with one attached hydrogen (secondary N) is 1. The molecule has 1 aromatic heterocycles. The van der Waals surface area contributed by atoms with Gasteiger partial charge in [0.2, 0.25) is 0 Å². The second kappa shape index (κ2) is 4.88. The molecule has 0 radical (unpaired) electrons. The first-order valence-electron chi connectivity index (χ1n) is 6.24. The van der Waals surface area contributed by atoms with Gasteiger partial charge in [0.15, 0.2) is 0 Å². The van der Waals surface area contributed by atoms with Crippen LogP contribution in [0.1, 0.15) is 27.9 Å². The number of carboxylic acid groups (broad SMARTS) is 1. The van der Waals surface area contributed by atoms with Crippen LogP contribution < -0.4 is 0 Å². The van der Waals surface area contributed by atoms with Gasteiger partial charge < -0.3 is 5.11 Å².